The summed E-state index contributed by atoms with van der Waals surface area (Å²) in [6, 6.07) is 6.18. The number of alkyl carbamates (subject to hydrolysis) is 1. The smallest absolute Gasteiger partial charge is 0.407 e. The summed E-state index contributed by atoms with van der Waals surface area (Å²) >= 11 is 0. The van der Waals surface area contributed by atoms with E-state index in [1.807, 2.05) is 13.8 Å². The molecule has 0 unspecified atom stereocenters. The number of carbonyl (C=O) groups excluding carboxylic acids is 3. The summed E-state index contributed by atoms with van der Waals surface area (Å²) in [5.41, 5.74) is 7.05. The molecule has 0 spiro atoms. The highest BCUT2D eigenvalue weighted by Gasteiger charge is 2.17. The second-order valence-corrected chi connectivity index (χ2v) is 5.56. The number of nitrogens with two attached hydrogens (primary N) is 1. The molecule has 8 nitrogen and oxygen atoms in total. The van der Waals surface area contributed by atoms with E-state index in [1.165, 1.54) is 7.05 Å². The van der Waals surface area contributed by atoms with Gasteiger partial charge in [-0.15, -0.1) is 0 Å². The molecule has 0 bridgehead atoms. The molecule has 1 aromatic carbocycles. The molecule has 3 amide bonds. The lowest BCUT2D eigenvalue weighted by molar-refractivity contribution is -0.125. The van der Waals surface area contributed by atoms with Crippen LogP contribution in [0.15, 0.2) is 24.3 Å². The number of carbonyl (C=O) groups is 3. The van der Waals surface area contributed by atoms with Crippen LogP contribution in [0.3, 0.4) is 0 Å². The van der Waals surface area contributed by atoms with Crippen molar-refractivity contribution in [1.29, 1.82) is 0 Å². The van der Waals surface area contributed by atoms with Crippen molar-refractivity contribution < 1.29 is 19.1 Å². The van der Waals surface area contributed by atoms with Crippen LogP contribution >= 0.6 is 0 Å². The van der Waals surface area contributed by atoms with E-state index < -0.39 is 12.1 Å². The third-order valence-electron chi connectivity index (χ3n) is 3.26. The summed E-state index contributed by atoms with van der Waals surface area (Å²) in [4.78, 5) is 34.5. The molecule has 0 fully saturated rings. The standard InChI is InChI=1S/C16H24N4O4/c1-10(2)14(17)15(22)19-8-13(21)20-12-6-4-11(5-7-12)9-24-16(23)18-3/h4-7,10,14H,8-9,17H2,1-3H3,(H,18,23)(H,19,22)(H,20,21)/t14-/m0/s1. The molecule has 0 radical (unpaired) electrons. The molecule has 5 N–H and O–H groups in total. The topological polar surface area (TPSA) is 123 Å². The van der Waals surface area contributed by atoms with Gasteiger partial charge >= 0.3 is 6.09 Å². The Morgan fingerprint density at radius 3 is 2.33 bits per heavy atom. The molecular formula is C16H24N4O4. The second kappa shape index (κ2) is 9.51. The van der Waals surface area contributed by atoms with Crippen molar-refractivity contribution in [3.05, 3.63) is 29.8 Å². The highest BCUT2D eigenvalue weighted by atomic mass is 16.5. The van der Waals surface area contributed by atoms with Gasteiger partial charge in [0.15, 0.2) is 0 Å². The minimum absolute atomic E-state index is 0.00221. The minimum Gasteiger partial charge on any atom is -0.445 e. The van der Waals surface area contributed by atoms with Crippen LogP contribution in [0.1, 0.15) is 19.4 Å². The summed E-state index contributed by atoms with van der Waals surface area (Å²) in [5.74, 6) is -0.715. The fourth-order valence-electron chi connectivity index (χ4n) is 1.70. The summed E-state index contributed by atoms with van der Waals surface area (Å²) in [6.07, 6.45) is -0.511. The lowest BCUT2D eigenvalue weighted by atomic mass is 10.1. The van der Waals surface area contributed by atoms with E-state index in [0.717, 1.165) is 5.56 Å². The molecule has 132 valence electrons. The number of anilines is 1. The maximum Gasteiger partial charge on any atom is 0.407 e. The molecular weight excluding hydrogens is 312 g/mol. The van der Waals surface area contributed by atoms with Crippen LogP contribution in [-0.4, -0.2) is 37.5 Å². The zero-order valence-corrected chi connectivity index (χ0v) is 14.1. The van der Waals surface area contributed by atoms with Gasteiger partial charge in [-0.25, -0.2) is 4.79 Å². The number of rotatable bonds is 7. The Morgan fingerprint density at radius 2 is 1.79 bits per heavy atom. The Hall–Kier alpha value is -2.61. The average Bonchev–Trinajstić information content (AvgIpc) is 2.57. The summed E-state index contributed by atoms with van der Waals surface area (Å²) in [5, 5.41) is 7.50. The average molecular weight is 336 g/mol. The van der Waals surface area contributed by atoms with Crippen molar-refractivity contribution in [3.63, 3.8) is 0 Å². The van der Waals surface area contributed by atoms with E-state index in [9.17, 15) is 14.4 Å². The second-order valence-electron chi connectivity index (χ2n) is 5.56. The molecule has 24 heavy (non-hydrogen) atoms. The van der Waals surface area contributed by atoms with Crippen LogP contribution in [0.25, 0.3) is 0 Å². The fourth-order valence-corrected chi connectivity index (χ4v) is 1.70. The van der Waals surface area contributed by atoms with E-state index in [4.69, 9.17) is 10.5 Å². The molecule has 0 saturated carbocycles. The minimum atomic E-state index is -0.641. The Bertz CT molecular complexity index is 572. The summed E-state index contributed by atoms with van der Waals surface area (Å²) in [7, 11) is 1.48. The van der Waals surface area contributed by atoms with Crippen LogP contribution in [0, 0.1) is 5.92 Å². The first-order chi connectivity index (χ1) is 11.3. The van der Waals surface area contributed by atoms with Gasteiger partial charge in [0.05, 0.1) is 12.6 Å². The molecule has 0 aliphatic rings. The number of hydrogen-bond acceptors (Lipinski definition) is 5. The molecule has 0 aliphatic carbocycles. The maximum absolute atomic E-state index is 11.8. The maximum atomic E-state index is 11.8. The van der Waals surface area contributed by atoms with E-state index >= 15 is 0 Å². The fraction of sp³-hybridized carbons (Fsp3) is 0.438. The monoisotopic (exact) mass is 336 g/mol. The van der Waals surface area contributed by atoms with Gasteiger partial charge < -0.3 is 26.4 Å². The largest absolute Gasteiger partial charge is 0.445 e. The molecule has 1 rings (SSSR count). The van der Waals surface area contributed by atoms with Crippen molar-refractivity contribution >= 4 is 23.6 Å². The van der Waals surface area contributed by atoms with Crippen LogP contribution in [0.5, 0.6) is 0 Å². The van der Waals surface area contributed by atoms with E-state index in [0.29, 0.717) is 5.69 Å². The van der Waals surface area contributed by atoms with Gasteiger partial charge in [0.25, 0.3) is 0 Å². The van der Waals surface area contributed by atoms with Gasteiger partial charge in [-0.3, -0.25) is 9.59 Å². The first-order valence-corrected chi connectivity index (χ1v) is 7.60. The highest BCUT2D eigenvalue weighted by Crippen LogP contribution is 2.10. The lowest BCUT2D eigenvalue weighted by Crippen LogP contribution is -2.46. The predicted octanol–water partition coefficient (Wildman–Crippen LogP) is 0.581. The molecule has 0 aliphatic heterocycles. The molecule has 0 aromatic heterocycles. The third-order valence-corrected chi connectivity index (χ3v) is 3.26. The number of nitrogens with one attached hydrogen (secondary N) is 3. The quantitative estimate of drug-likeness (QED) is 0.580. The first-order valence-electron chi connectivity index (χ1n) is 7.60. The van der Waals surface area contributed by atoms with E-state index in [1.54, 1.807) is 24.3 Å². The number of ether oxygens (including phenoxy) is 1. The highest BCUT2D eigenvalue weighted by molar-refractivity contribution is 5.95. The normalized spacial score (nSPS) is 11.5. The number of hydrogen-bond donors (Lipinski definition) is 4. The van der Waals surface area contributed by atoms with Crippen molar-refractivity contribution in [1.82, 2.24) is 10.6 Å². The third kappa shape index (κ3) is 6.66. The Morgan fingerprint density at radius 1 is 1.17 bits per heavy atom. The van der Waals surface area contributed by atoms with Crippen LogP contribution in [0.4, 0.5) is 10.5 Å². The van der Waals surface area contributed by atoms with Gasteiger partial charge in [0.1, 0.15) is 6.61 Å². The van der Waals surface area contributed by atoms with Gasteiger partial charge in [-0.2, -0.15) is 0 Å². The molecule has 1 atom stereocenters. The first kappa shape index (κ1) is 19.4. The molecule has 0 heterocycles. The van der Waals surface area contributed by atoms with Crippen molar-refractivity contribution in [2.75, 3.05) is 18.9 Å². The van der Waals surface area contributed by atoms with Crippen molar-refractivity contribution in [3.8, 4) is 0 Å². The van der Waals surface area contributed by atoms with Gasteiger partial charge in [0, 0.05) is 12.7 Å². The predicted molar refractivity (Wildman–Crippen MR) is 90.1 cm³/mol. The van der Waals surface area contributed by atoms with Crippen LogP contribution in [-0.2, 0) is 20.9 Å². The zero-order valence-electron chi connectivity index (χ0n) is 14.1. The van der Waals surface area contributed by atoms with Gasteiger partial charge in [-0.1, -0.05) is 26.0 Å². The summed E-state index contributed by atoms with van der Waals surface area (Å²) < 4.78 is 4.91. The SMILES string of the molecule is CNC(=O)OCc1ccc(NC(=O)CNC(=O)[C@@H](N)C(C)C)cc1. The van der Waals surface area contributed by atoms with Crippen LogP contribution < -0.4 is 21.7 Å². The molecule has 1 aromatic rings. The van der Waals surface area contributed by atoms with Crippen molar-refractivity contribution in [2.45, 2.75) is 26.5 Å². The van der Waals surface area contributed by atoms with Gasteiger partial charge in [0.2, 0.25) is 11.8 Å². The zero-order chi connectivity index (χ0) is 18.1. The summed E-state index contributed by atoms with van der Waals surface area (Å²) in [6.45, 7) is 3.65. The van der Waals surface area contributed by atoms with E-state index in [2.05, 4.69) is 16.0 Å². The molecule has 8 heteroatoms. The Balaban J connectivity index is 2.42. The molecule has 0 saturated heterocycles. The number of benzene rings is 1. The lowest BCUT2D eigenvalue weighted by Gasteiger charge is -2.15. The van der Waals surface area contributed by atoms with Crippen LogP contribution in [0.2, 0.25) is 0 Å². The van der Waals surface area contributed by atoms with E-state index in [-0.39, 0.29) is 30.9 Å². The number of amides is 3. The van der Waals surface area contributed by atoms with Gasteiger partial charge in [-0.05, 0) is 23.6 Å². The Labute approximate surface area is 141 Å². The Kier molecular flexibility index (Phi) is 7.70. The van der Waals surface area contributed by atoms with Crippen molar-refractivity contribution in [2.24, 2.45) is 11.7 Å².